The van der Waals surface area contributed by atoms with Crippen molar-refractivity contribution >= 4 is 0 Å². The maximum Gasteiger partial charge on any atom is 0.00233 e. The third-order valence-electron chi connectivity index (χ3n) is 3.98. The van der Waals surface area contributed by atoms with Crippen LogP contribution in [0, 0.1) is 5.41 Å². The normalized spacial score (nSPS) is 18.5. The minimum Gasteiger partial charge on any atom is -0.316 e. The molecule has 2 rings (SSSR count). The van der Waals surface area contributed by atoms with Gasteiger partial charge in [-0.05, 0) is 35.3 Å². The van der Waals surface area contributed by atoms with Crippen LogP contribution >= 0.6 is 0 Å². The molecule has 0 spiro atoms. The van der Waals surface area contributed by atoms with Gasteiger partial charge < -0.3 is 5.32 Å². The molecule has 1 aliphatic rings. The summed E-state index contributed by atoms with van der Waals surface area (Å²) in [6.45, 7) is 9.19. The van der Waals surface area contributed by atoms with Gasteiger partial charge in [-0.25, -0.2) is 0 Å². The maximum atomic E-state index is 3.40. The molecule has 0 aromatic heterocycles. The molecule has 0 bridgehead atoms. The molecule has 0 radical (unpaired) electrons. The van der Waals surface area contributed by atoms with Gasteiger partial charge in [0.1, 0.15) is 0 Å². The first-order valence-corrected chi connectivity index (χ1v) is 6.45. The van der Waals surface area contributed by atoms with E-state index in [1.807, 2.05) is 0 Å². The Bertz CT molecular complexity index is 327. The van der Waals surface area contributed by atoms with E-state index >= 15 is 0 Å². The molecule has 1 saturated heterocycles. The molecule has 16 heavy (non-hydrogen) atoms. The van der Waals surface area contributed by atoms with Gasteiger partial charge in [0.25, 0.3) is 0 Å². The Morgan fingerprint density at radius 1 is 1.19 bits per heavy atom. The molecule has 1 heteroatoms. The Balaban J connectivity index is 2.05. The van der Waals surface area contributed by atoms with Crippen molar-refractivity contribution < 1.29 is 0 Å². The molecule has 1 fully saturated rings. The quantitative estimate of drug-likeness (QED) is 0.815. The summed E-state index contributed by atoms with van der Waals surface area (Å²) in [4.78, 5) is 0. The number of rotatable bonds is 4. The van der Waals surface area contributed by atoms with Gasteiger partial charge in [0.05, 0.1) is 0 Å². The number of nitrogens with one attached hydrogen (secondary N) is 1. The first-order valence-electron chi connectivity index (χ1n) is 6.45. The van der Waals surface area contributed by atoms with E-state index in [4.69, 9.17) is 0 Å². The summed E-state index contributed by atoms with van der Waals surface area (Å²) in [6, 6.07) is 9.20. The van der Waals surface area contributed by atoms with Gasteiger partial charge in [0.2, 0.25) is 0 Å². The van der Waals surface area contributed by atoms with E-state index < -0.39 is 0 Å². The Kier molecular flexibility index (Phi) is 3.34. The van der Waals surface area contributed by atoms with Gasteiger partial charge in [-0.3, -0.25) is 0 Å². The predicted molar refractivity (Wildman–Crippen MR) is 69.8 cm³/mol. The lowest BCUT2D eigenvalue weighted by Gasteiger charge is -2.42. The van der Waals surface area contributed by atoms with Crippen molar-refractivity contribution in [1.82, 2.24) is 5.32 Å². The summed E-state index contributed by atoms with van der Waals surface area (Å²) >= 11 is 0. The van der Waals surface area contributed by atoms with Crippen LogP contribution in [0.4, 0.5) is 0 Å². The molecular weight excluding hydrogens is 194 g/mol. The highest BCUT2D eigenvalue weighted by atomic mass is 15.0. The molecule has 88 valence electrons. The van der Waals surface area contributed by atoms with Crippen molar-refractivity contribution in [3.63, 3.8) is 0 Å². The molecule has 1 heterocycles. The van der Waals surface area contributed by atoms with Crippen LogP contribution in [0.15, 0.2) is 24.3 Å². The molecule has 0 amide bonds. The van der Waals surface area contributed by atoms with Crippen LogP contribution in [0.2, 0.25) is 0 Å². The first-order chi connectivity index (χ1) is 7.65. The van der Waals surface area contributed by atoms with E-state index in [0.29, 0.717) is 11.3 Å². The average Bonchev–Trinajstić information content (AvgIpc) is 2.24. The minimum atomic E-state index is 0.541. The Hall–Kier alpha value is -0.820. The molecular formula is C15H23N. The summed E-state index contributed by atoms with van der Waals surface area (Å²) in [5, 5.41) is 3.40. The van der Waals surface area contributed by atoms with Crippen LogP contribution in [0.25, 0.3) is 0 Å². The third-order valence-corrected chi connectivity index (χ3v) is 3.98. The molecule has 1 N–H and O–H groups in total. The Labute approximate surface area is 99.3 Å². The first kappa shape index (κ1) is 11.7. The summed E-state index contributed by atoms with van der Waals surface area (Å²) in [5.74, 6) is 0.638. The van der Waals surface area contributed by atoms with Gasteiger partial charge in [0.15, 0.2) is 0 Å². The van der Waals surface area contributed by atoms with E-state index in [2.05, 4.69) is 50.4 Å². The largest absolute Gasteiger partial charge is 0.316 e. The van der Waals surface area contributed by atoms with Gasteiger partial charge >= 0.3 is 0 Å². The fourth-order valence-corrected chi connectivity index (χ4v) is 2.43. The molecule has 1 aromatic carbocycles. The second kappa shape index (κ2) is 4.58. The maximum absolute atomic E-state index is 3.40. The molecule has 1 aliphatic heterocycles. The van der Waals surface area contributed by atoms with Crippen LogP contribution in [-0.2, 0) is 6.42 Å². The zero-order chi connectivity index (χ0) is 11.6. The lowest BCUT2D eigenvalue weighted by molar-refractivity contribution is 0.160. The van der Waals surface area contributed by atoms with E-state index in [1.54, 1.807) is 0 Å². The molecule has 0 aliphatic carbocycles. The topological polar surface area (TPSA) is 12.0 Å². The van der Waals surface area contributed by atoms with Crippen molar-refractivity contribution in [3.8, 4) is 0 Å². The van der Waals surface area contributed by atoms with E-state index in [1.165, 1.54) is 37.1 Å². The minimum absolute atomic E-state index is 0.541. The van der Waals surface area contributed by atoms with Crippen molar-refractivity contribution in [3.05, 3.63) is 35.4 Å². The number of benzene rings is 1. The summed E-state index contributed by atoms with van der Waals surface area (Å²) in [6.07, 6.45) is 2.51. The lowest BCUT2D eigenvalue weighted by Crippen LogP contribution is -2.54. The smallest absolute Gasteiger partial charge is 0.00233 e. The fourth-order valence-electron chi connectivity index (χ4n) is 2.43. The molecule has 1 nitrogen and oxygen atoms in total. The number of hydrogen-bond donors (Lipinski definition) is 1. The van der Waals surface area contributed by atoms with Gasteiger partial charge in [-0.2, -0.15) is 0 Å². The van der Waals surface area contributed by atoms with Crippen LogP contribution in [0.1, 0.15) is 44.2 Å². The molecule has 1 aromatic rings. The van der Waals surface area contributed by atoms with Gasteiger partial charge in [-0.15, -0.1) is 0 Å². The van der Waals surface area contributed by atoms with Crippen molar-refractivity contribution in [2.45, 2.75) is 39.5 Å². The fraction of sp³-hybridized carbons (Fsp3) is 0.600. The standard InChI is InChI=1S/C15H23N/c1-4-15(10-16-11-15)9-13-5-7-14(8-6-13)12(2)3/h5-8,12,16H,4,9-11H2,1-3H3. The van der Waals surface area contributed by atoms with E-state index in [0.717, 1.165) is 0 Å². The highest BCUT2D eigenvalue weighted by Crippen LogP contribution is 2.31. The van der Waals surface area contributed by atoms with Gasteiger partial charge in [-0.1, -0.05) is 45.0 Å². The highest BCUT2D eigenvalue weighted by molar-refractivity contribution is 5.26. The Morgan fingerprint density at radius 2 is 1.81 bits per heavy atom. The molecule has 0 atom stereocenters. The van der Waals surface area contributed by atoms with Crippen molar-refractivity contribution in [2.75, 3.05) is 13.1 Å². The van der Waals surface area contributed by atoms with E-state index in [-0.39, 0.29) is 0 Å². The highest BCUT2D eigenvalue weighted by Gasteiger charge is 2.34. The second-order valence-corrected chi connectivity index (χ2v) is 5.53. The summed E-state index contributed by atoms with van der Waals surface area (Å²) in [5.41, 5.74) is 3.48. The second-order valence-electron chi connectivity index (χ2n) is 5.53. The third kappa shape index (κ3) is 2.30. The van der Waals surface area contributed by atoms with Crippen LogP contribution < -0.4 is 5.32 Å². The number of hydrogen-bond acceptors (Lipinski definition) is 1. The zero-order valence-corrected chi connectivity index (χ0v) is 10.7. The van der Waals surface area contributed by atoms with E-state index in [9.17, 15) is 0 Å². The summed E-state index contributed by atoms with van der Waals surface area (Å²) < 4.78 is 0. The summed E-state index contributed by atoms with van der Waals surface area (Å²) in [7, 11) is 0. The monoisotopic (exact) mass is 217 g/mol. The zero-order valence-electron chi connectivity index (χ0n) is 10.7. The lowest BCUT2D eigenvalue weighted by atomic mass is 9.74. The van der Waals surface area contributed by atoms with Gasteiger partial charge in [0, 0.05) is 13.1 Å². The predicted octanol–water partition coefficient (Wildman–Crippen LogP) is 3.35. The van der Waals surface area contributed by atoms with Crippen molar-refractivity contribution in [1.29, 1.82) is 0 Å². The van der Waals surface area contributed by atoms with Crippen LogP contribution in [0.3, 0.4) is 0 Å². The molecule has 0 unspecified atom stereocenters. The molecule has 0 saturated carbocycles. The Morgan fingerprint density at radius 3 is 2.19 bits per heavy atom. The van der Waals surface area contributed by atoms with Crippen LogP contribution in [-0.4, -0.2) is 13.1 Å². The van der Waals surface area contributed by atoms with Crippen LogP contribution in [0.5, 0.6) is 0 Å². The van der Waals surface area contributed by atoms with Crippen molar-refractivity contribution in [2.24, 2.45) is 5.41 Å². The average molecular weight is 217 g/mol. The SMILES string of the molecule is CCC1(Cc2ccc(C(C)C)cc2)CNC1.